The number of esters is 1. The molecule has 0 unspecified atom stereocenters. The van der Waals surface area contributed by atoms with Crippen LogP contribution < -0.4 is 4.74 Å². The van der Waals surface area contributed by atoms with Crippen LogP contribution in [0.1, 0.15) is 23.5 Å². The molecule has 1 fully saturated rings. The third kappa shape index (κ3) is 3.36. The Kier molecular flexibility index (Phi) is 4.24. The van der Waals surface area contributed by atoms with Crippen LogP contribution in [0.25, 0.3) is 11.3 Å². The van der Waals surface area contributed by atoms with Gasteiger partial charge in [0.05, 0.1) is 19.9 Å². The van der Waals surface area contributed by atoms with Crippen molar-refractivity contribution in [3.8, 4) is 17.0 Å². The normalized spacial score (nSPS) is 13.7. The van der Waals surface area contributed by atoms with Crippen LogP contribution >= 0.6 is 11.6 Å². The first-order valence-electron chi connectivity index (χ1n) is 7.01. The van der Waals surface area contributed by atoms with Gasteiger partial charge in [0.2, 0.25) is 5.82 Å². The Hall–Kier alpha value is -2.14. The highest BCUT2D eigenvalue weighted by Crippen LogP contribution is 2.33. The highest BCUT2D eigenvalue weighted by atomic mass is 35.5. The van der Waals surface area contributed by atoms with Gasteiger partial charge in [-0.1, -0.05) is 23.7 Å². The molecule has 0 saturated heterocycles. The molecule has 0 N–H and O–H groups in total. The number of rotatable bonds is 5. The molecule has 1 aromatic heterocycles. The number of halogens is 1. The molecule has 1 aliphatic rings. The van der Waals surface area contributed by atoms with E-state index in [9.17, 15) is 4.79 Å². The fourth-order valence-electron chi connectivity index (χ4n) is 1.97. The van der Waals surface area contributed by atoms with Gasteiger partial charge < -0.3 is 9.47 Å². The first-order chi connectivity index (χ1) is 10.7. The molecule has 1 aliphatic carbocycles. The lowest BCUT2D eigenvalue weighted by atomic mass is 10.1. The number of ether oxygens (including phenoxy) is 2. The molecule has 0 amide bonds. The van der Waals surface area contributed by atoms with E-state index in [4.69, 9.17) is 16.3 Å². The second-order valence-corrected chi connectivity index (χ2v) is 5.60. The van der Waals surface area contributed by atoms with Gasteiger partial charge in [-0.25, -0.2) is 14.8 Å². The van der Waals surface area contributed by atoms with E-state index in [0.29, 0.717) is 29.0 Å². The summed E-state index contributed by atoms with van der Waals surface area (Å²) >= 11 is 5.92. The topological polar surface area (TPSA) is 61.3 Å². The summed E-state index contributed by atoms with van der Waals surface area (Å²) in [5.41, 5.74) is 1.37. The minimum atomic E-state index is -0.580. The first-order valence-corrected chi connectivity index (χ1v) is 7.39. The van der Waals surface area contributed by atoms with Crippen LogP contribution in [0.4, 0.5) is 0 Å². The van der Waals surface area contributed by atoms with Crippen molar-refractivity contribution in [1.29, 1.82) is 0 Å². The molecule has 3 rings (SSSR count). The summed E-state index contributed by atoms with van der Waals surface area (Å²) in [6.45, 7) is 0.640. The molecular weight excluding hydrogens is 304 g/mol. The van der Waals surface area contributed by atoms with Gasteiger partial charge >= 0.3 is 5.97 Å². The Bertz CT molecular complexity index is 684. The summed E-state index contributed by atoms with van der Waals surface area (Å²) in [5, 5.41) is 0.631. The highest BCUT2D eigenvalue weighted by Gasteiger charge is 2.23. The van der Waals surface area contributed by atoms with Crippen LogP contribution in [-0.2, 0) is 4.74 Å². The Morgan fingerprint density at radius 2 is 2.05 bits per heavy atom. The van der Waals surface area contributed by atoms with Crippen LogP contribution in [0.5, 0.6) is 5.75 Å². The van der Waals surface area contributed by atoms with Crippen LogP contribution in [0, 0.1) is 5.92 Å². The van der Waals surface area contributed by atoms with Crippen LogP contribution in [-0.4, -0.2) is 29.7 Å². The molecule has 0 aliphatic heterocycles. The van der Waals surface area contributed by atoms with Crippen molar-refractivity contribution in [2.24, 2.45) is 5.92 Å². The van der Waals surface area contributed by atoms with E-state index in [1.165, 1.54) is 26.1 Å². The van der Waals surface area contributed by atoms with Crippen molar-refractivity contribution in [2.45, 2.75) is 12.8 Å². The molecule has 6 heteroatoms. The molecule has 1 aromatic carbocycles. The van der Waals surface area contributed by atoms with E-state index in [2.05, 4.69) is 14.7 Å². The van der Waals surface area contributed by atoms with Gasteiger partial charge in [0.25, 0.3) is 0 Å². The molecule has 0 atom stereocenters. The quantitative estimate of drug-likeness (QED) is 0.791. The number of carbonyl (C=O) groups excluding carboxylic acids is 1. The van der Waals surface area contributed by atoms with Crippen molar-refractivity contribution < 1.29 is 14.3 Å². The van der Waals surface area contributed by atoms with Crippen LogP contribution in [0.15, 0.2) is 30.5 Å². The smallest absolute Gasteiger partial charge is 0.376 e. The summed E-state index contributed by atoms with van der Waals surface area (Å²) in [5.74, 6) is 0.593. The predicted molar refractivity (Wildman–Crippen MR) is 82.0 cm³/mol. The Balaban J connectivity index is 1.96. The number of aromatic nitrogens is 2. The van der Waals surface area contributed by atoms with Gasteiger partial charge in [-0.15, -0.1) is 0 Å². The number of hydrogen-bond donors (Lipinski definition) is 0. The summed E-state index contributed by atoms with van der Waals surface area (Å²) in [4.78, 5) is 19.9. The minimum Gasteiger partial charge on any atom is -0.489 e. The van der Waals surface area contributed by atoms with E-state index >= 15 is 0 Å². The van der Waals surface area contributed by atoms with Gasteiger partial charge in [-0.2, -0.15) is 0 Å². The van der Waals surface area contributed by atoms with E-state index in [0.717, 1.165) is 5.56 Å². The fourth-order valence-corrected chi connectivity index (χ4v) is 2.10. The van der Waals surface area contributed by atoms with E-state index in [-0.39, 0.29) is 5.82 Å². The highest BCUT2D eigenvalue weighted by molar-refractivity contribution is 6.30. The lowest BCUT2D eigenvalue weighted by molar-refractivity contribution is 0.0586. The maximum Gasteiger partial charge on any atom is 0.376 e. The van der Waals surface area contributed by atoms with Crippen molar-refractivity contribution in [3.63, 3.8) is 0 Å². The number of carbonyl (C=O) groups is 1. The van der Waals surface area contributed by atoms with Gasteiger partial charge in [-0.05, 0) is 30.9 Å². The zero-order chi connectivity index (χ0) is 15.5. The zero-order valence-corrected chi connectivity index (χ0v) is 12.8. The van der Waals surface area contributed by atoms with Gasteiger partial charge in [-0.3, -0.25) is 0 Å². The van der Waals surface area contributed by atoms with Gasteiger partial charge in [0, 0.05) is 10.6 Å². The average molecular weight is 319 g/mol. The van der Waals surface area contributed by atoms with Gasteiger partial charge in [0.15, 0.2) is 5.75 Å². The lowest BCUT2D eigenvalue weighted by Crippen LogP contribution is -2.10. The minimum absolute atomic E-state index is 0.00576. The maximum absolute atomic E-state index is 11.6. The number of hydrogen-bond acceptors (Lipinski definition) is 5. The molecule has 2 aromatic rings. The molecule has 1 saturated carbocycles. The number of benzene rings is 1. The Labute approximate surface area is 133 Å². The van der Waals surface area contributed by atoms with E-state index < -0.39 is 5.97 Å². The third-order valence-corrected chi connectivity index (χ3v) is 3.66. The summed E-state index contributed by atoms with van der Waals surface area (Å²) in [6.07, 6.45) is 3.90. The Morgan fingerprint density at radius 3 is 2.68 bits per heavy atom. The number of nitrogens with zero attached hydrogens (tertiary/aromatic N) is 2. The first kappa shape index (κ1) is 14.8. The SMILES string of the molecule is COC(=O)c1ncc(OCC2CC2)c(-c2ccc(Cl)cc2)n1. The van der Waals surface area contributed by atoms with Crippen molar-refractivity contribution in [1.82, 2.24) is 9.97 Å². The standard InChI is InChI=1S/C16H15ClN2O3/c1-21-16(20)15-18-8-13(22-9-10-2-3-10)14(19-15)11-4-6-12(17)7-5-11/h4-8,10H,2-3,9H2,1H3. The zero-order valence-electron chi connectivity index (χ0n) is 12.1. The molecular formula is C16H15ClN2O3. The van der Waals surface area contributed by atoms with Crippen molar-refractivity contribution >= 4 is 17.6 Å². The predicted octanol–water partition coefficient (Wildman–Crippen LogP) is 3.37. The number of methoxy groups -OCH3 is 1. The molecule has 0 radical (unpaired) electrons. The molecule has 5 nitrogen and oxygen atoms in total. The van der Waals surface area contributed by atoms with Crippen LogP contribution in [0.3, 0.4) is 0 Å². The van der Waals surface area contributed by atoms with Gasteiger partial charge in [0.1, 0.15) is 5.69 Å². The summed E-state index contributed by atoms with van der Waals surface area (Å²) < 4.78 is 10.5. The van der Waals surface area contributed by atoms with E-state index in [1.54, 1.807) is 12.1 Å². The monoisotopic (exact) mass is 318 g/mol. The van der Waals surface area contributed by atoms with Crippen LogP contribution in [0.2, 0.25) is 5.02 Å². The maximum atomic E-state index is 11.6. The molecule has 0 spiro atoms. The van der Waals surface area contributed by atoms with Crippen molar-refractivity contribution in [3.05, 3.63) is 41.3 Å². The second-order valence-electron chi connectivity index (χ2n) is 5.16. The Morgan fingerprint density at radius 1 is 1.32 bits per heavy atom. The summed E-state index contributed by atoms with van der Waals surface area (Å²) in [7, 11) is 1.30. The second kappa shape index (κ2) is 6.32. The van der Waals surface area contributed by atoms with E-state index in [1.807, 2.05) is 12.1 Å². The summed E-state index contributed by atoms with van der Waals surface area (Å²) in [6, 6.07) is 7.19. The lowest BCUT2D eigenvalue weighted by Gasteiger charge is -2.11. The average Bonchev–Trinajstić information content (AvgIpc) is 3.37. The molecule has 114 valence electrons. The third-order valence-electron chi connectivity index (χ3n) is 3.41. The fraction of sp³-hybridized carbons (Fsp3) is 0.312. The molecule has 1 heterocycles. The molecule has 0 bridgehead atoms. The van der Waals surface area contributed by atoms with Crippen molar-refractivity contribution in [2.75, 3.05) is 13.7 Å². The largest absolute Gasteiger partial charge is 0.489 e. The molecule has 22 heavy (non-hydrogen) atoms.